The Morgan fingerprint density at radius 2 is 2.12 bits per heavy atom. The van der Waals surface area contributed by atoms with Gasteiger partial charge >= 0.3 is 5.97 Å². The second-order valence-electron chi connectivity index (χ2n) is 4.13. The maximum atomic E-state index is 11.6. The van der Waals surface area contributed by atoms with Crippen molar-refractivity contribution in [2.24, 2.45) is 5.92 Å². The van der Waals surface area contributed by atoms with E-state index in [9.17, 15) is 4.79 Å². The summed E-state index contributed by atoms with van der Waals surface area (Å²) in [6, 6.07) is 9.46. The molecule has 1 aromatic rings. The lowest BCUT2D eigenvalue weighted by Crippen LogP contribution is -2.22. The topological polar surface area (TPSA) is 62.1 Å². The molecule has 0 aliphatic carbocycles. The monoisotopic (exact) mass is 230 g/mol. The average Bonchev–Trinajstić information content (AvgIpc) is 2.87. The van der Waals surface area contributed by atoms with Crippen LogP contribution in [-0.2, 0) is 9.53 Å². The van der Waals surface area contributed by atoms with Crippen molar-refractivity contribution < 1.29 is 9.53 Å². The third-order valence-electron chi connectivity index (χ3n) is 3.19. The molecule has 1 aromatic carbocycles. The second kappa shape index (κ2) is 4.98. The van der Waals surface area contributed by atoms with E-state index in [0.29, 0.717) is 12.1 Å². The van der Waals surface area contributed by atoms with Crippen molar-refractivity contribution in [1.29, 1.82) is 5.26 Å². The molecule has 1 aliphatic heterocycles. The lowest BCUT2D eigenvalue weighted by molar-refractivity contribution is -0.145. The van der Waals surface area contributed by atoms with E-state index in [0.717, 1.165) is 12.1 Å². The third-order valence-corrected chi connectivity index (χ3v) is 3.19. The number of carbonyl (C=O) groups excluding carboxylic acids is 1. The summed E-state index contributed by atoms with van der Waals surface area (Å²) in [6.45, 7) is 1.42. The zero-order valence-electron chi connectivity index (χ0n) is 9.64. The number of hydrogen-bond donors (Lipinski definition) is 1. The smallest absolute Gasteiger partial charge is 0.310 e. The van der Waals surface area contributed by atoms with Gasteiger partial charge in [0.15, 0.2) is 0 Å². The van der Waals surface area contributed by atoms with Crippen molar-refractivity contribution in [3.8, 4) is 6.07 Å². The number of nitrogens with one attached hydrogen (secondary N) is 1. The molecule has 88 valence electrons. The first-order valence-corrected chi connectivity index (χ1v) is 5.55. The van der Waals surface area contributed by atoms with Crippen LogP contribution in [0.15, 0.2) is 24.3 Å². The molecule has 0 unspecified atom stereocenters. The first kappa shape index (κ1) is 11.6. The molecule has 1 saturated heterocycles. The summed E-state index contributed by atoms with van der Waals surface area (Å²) in [5.41, 5.74) is 1.71. The summed E-state index contributed by atoms with van der Waals surface area (Å²) < 4.78 is 4.80. The molecule has 0 saturated carbocycles. The van der Waals surface area contributed by atoms with Gasteiger partial charge in [0.25, 0.3) is 0 Å². The molecule has 17 heavy (non-hydrogen) atoms. The number of rotatable bonds is 2. The lowest BCUT2D eigenvalue weighted by atomic mass is 9.88. The maximum absolute atomic E-state index is 11.6. The molecule has 0 spiro atoms. The molecule has 0 amide bonds. The van der Waals surface area contributed by atoms with Crippen LogP contribution in [0.1, 0.15) is 17.0 Å². The van der Waals surface area contributed by atoms with Crippen molar-refractivity contribution in [3.63, 3.8) is 0 Å². The molecule has 0 radical (unpaired) electrons. The van der Waals surface area contributed by atoms with E-state index in [-0.39, 0.29) is 17.8 Å². The molecule has 0 bridgehead atoms. The molecule has 2 rings (SSSR count). The summed E-state index contributed by atoms with van der Waals surface area (Å²) in [5, 5.41) is 11.9. The Hall–Kier alpha value is -1.86. The molecule has 1 heterocycles. The van der Waals surface area contributed by atoms with Crippen molar-refractivity contribution in [2.45, 2.75) is 5.92 Å². The normalized spacial score (nSPS) is 23.1. The Labute approximate surface area is 100 Å². The fourth-order valence-corrected chi connectivity index (χ4v) is 2.23. The number of benzene rings is 1. The predicted octanol–water partition coefficient (Wildman–Crippen LogP) is 1.03. The highest BCUT2D eigenvalue weighted by molar-refractivity contribution is 5.74. The SMILES string of the molecule is COC(=O)[C@H]1CNC[C@@H]1c1ccc(C#N)cc1. The van der Waals surface area contributed by atoms with Gasteiger partial charge in [-0.25, -0.2) is 0 Å². The van der Waals surface area contributed by atoms with Gasteiger partial charge in [0.2, 0.25) is 0 Å². The van der Waals surface area contributed by atoms with Gasteiger partial charge in [0.05, 0.1) is 24.7 Å². The standard InChI is InChI=1S/C13H14N2O2/c1-17-13(16)12-8-15-7-11(12)10-4-2-9(6-14)3-5-10/h2-5,11-12,15H,7-8H2,1H3/t11-,12+/m1/s1. The zero-order chi connectivity index (χ0) is 12.3. The Bertz CT molecular complexity index is 447. The number of nitriles is 1. The fraction of sp³-hybridized carbons (Fsp3) is 0.385. The van der Waals surface area contributed by atoms with Crippen LogP contribution in [0.4, 0.5) is 0 Å². The van der Waals surface area contributed by atoms with Crippen molar-refractivity contribution in [3.05, 3.63) is 35.4 Å². The molecule has 4 heteroatoms. The first-order valence-electron chi connectivity index (χ1n) is 5.55. The minimum Gasteiger partial charge on any atom is -0.469 e. The van der Waals surface area contributed by atoms with Crippen molar-refractivity contribution >= 4 is 5.97 Å². The zero-order valence-corrected chi connectivity index (χ0v) is 9.64. The second-order valence-corrected chi connectivity index (χ2v) is 4.13. The quantitative estimate of drug-likeness (QED) is 0.771. The highest BCUT2D eigenvalue weighted by Crippen LogP contribution is 2.29. The lowest BCUT2D eigenvalue weighted by Gasteiger charge is -2.16. The van der Waals surface area contributed by atoms with Crippen LogP contribution in [-0.4, -0.2) is 26.2 Å². The van der Waals surface area contributed by atoms with Gasteiger partial charge in [-0.3, -0.25) is 4.79 Å². The van der Waals surface area contributed by atoms with Crippen LogP contribution in [0.3, 0.4) is 0 Å². The minimum absolute atomic E-state index is 0.132. The number of esters is 1. The van der Waals surface area contributed by atoms with E-state index in [1.165, 1.54) is 7.11 Å². The van der Waals surface area contributed by atoms with Crippen LogP contribution >= 0.6 is 0 Å². The van der Waals surface area contributed by atoms with E-state index < -0.39 is 0 Å². The third kappa shape index (κ3) is 2.29. The van der Waals surface area contributed by atoms with Crippen LogP contribution in [0.25, 0.3) is 0 Å². The van der Waals surface area contributed by atoms with Gasteiger partial charge in [-0.2, -0.15) is 5.26 Å². The van der Waals surface area contributed by atoms with E-state index in [2.05, 4.69) is 11.4 Å². The molecule has 4 nitrogen and oxygen atoms in total. The molecular formula is C13H14N2O2. The summed E-state index contributed by atoms with van der Waals surface area (Å²) in [7, 11) is 1.41. The predicted molar refractivity (Wildman–Crippen MR) is 62.3 cm³/mol. The summed E-state index contributed by atoms with van der Waals surface area (Å²) >= 11 is 0. The Kier molecular flexibility index (Phi) is 3.40. The number of carbonyl (C=O) groups is 1. The van der Waals surface area contributed by atoms with Gasteiger partial charge in [-0.05, 0) is 17.7 Å². The van der Waals surface area contributed by atoms with Crippen LogP contribution in [0.5, 0.6) is 0 Å². The largest absolute Gasteiger partial charge is 0.469 e. The van der Waals surface area contributed by atoms with Crippen LogP contribution < -0.4 is 5.32 Å². The molecule has 1 N–H and O–H groups in total. The molecule has 1 fully saturated rings. The van der Waals surface area contributed by atoms with Gasteiger partial charge < -0.3 is 10.1 Å². The average molecular weight is 230 g/mol. The molecular weight excluding hydrogens is 216 g/mol. The Morgan fingerprint density at radius 3 is 2.71 bits per heavy atom. The van der Waals surface area contributed by atoms with E-state index in [1.54, 1.807) is 12.1 Å². The van der Waals surface area contributed by atoms with Crippen LogP contribution in [0, 0.1) is 17.2 Å². The van der Waals surface area contributed by atoms with Crippen molar-refractivity contribution in [2.75, 3.05) is 20.2 Å². The number of methoxy groups -OCH3 is 1. The van der Waals surface area contributed by atoms with E-state index in [4.69, 9.17) is 10.00 Å². The molecule has 2 atom stereocenters. The maximum Gasteiger partial charge on any atom is 0.310 e. The van der Waals surface area contributed by atoms with Gasteiger partial charge in [-0.1, -0.05) is 12.1 Å². The number of nitrogens with zero attached hydrogens (tertiary/aromatic N) is 1. The van der Waals surface area contributed by atoms with Crippen molar-refractivity contribution in [1.82, 2.24) is 5.32 Å². The Morgan fingerprint density at radius 1 is 1.41 bits per heavy atom. The molecule has 0 aromatic heterocycles. The highest BCUT2D eigenvalue weighted by Gasteiger charge is 2.34. The first-order chi connectivity index (χ1) is 8.26. The van der Waals surface area contributed by atoms with E-state index >= 15 is 0 Å². The summed E-state index contributed by atoms with van der Waals surface area (Å²) in [6.07, 6.45) is 0. The van der Waals surface area contributed by atoms with Gasteiger partial charge in [0.1, 0.15) is 0 Å². The van der Waals surface area contributed by atoms with Gasteiger partial charge in [0, 0.05) is 19.0 Å². The summed E-state index contributed by atoms with van der Waals surface area (Å²) in [5.74, 6) is -0.174. The summed E-state index contributed by atoms with van der Waals surface area (Å²) in [4.78, 5) is 11.6. The fourth-order valence-electron chi connectivity index (χ4n) is 2.23. The highest BCUT2D eigenvalue weighted by atomic mass is 16.5. The molecule has 1 aliphatic rings. The van der Waals surface area contributed by atoms with Crippen LogP contribution in [0.2, 0.25) is 0 Å². The van der Waals surface area contributed by atoms with Gasteiger partial charge in [-0.15, -0.1) is 0 Å². The minimum atomic E-state index is -0.177. The van der Waals surface area contributed by atoms with E-state index in [1.807, 2.05) is 12.1 Å². The number of hydrogen-bond acceptors (Lipinski definition) is 4. The Balaban J connectivity index is 2.20. The number of ether oxygens (including phenoxy) is 1.